The highest BCUT2D eigenvalue weighted by Crippen LogP contribution is 2.44. The number of nitrogens with zero attached hydrogens (tertiary/aromatic N) is 5. The quantitative estimate of drug-likeness (QED) is 0.0446. The van der Waals surface area contributed by atoms with E-state index in [-0.39, 0.29) is 36.7 Å². The molecule has 5 aromatic heterocycles. The molecule has 5 aromatic carbocycles. The van der Waals surface area contributed by atoms with Crippen LogP contribution in [0.5, 0.6) is 28.7 Å². The van der Waals surface area contributed by atoms with Crippen molar-refractivity contribution in [2.45, 2.75) is 83.4 Å². The summed E-state index contributed by atoms with van der Waals surface area (Å²) in [6.07, 6.45) is -3.29. The molecule has 0 amide bonds. The molecule has 5 heterocycles. The summed E-state index contributed by atoms with van der Waals surface area (Å²) in [5, 5.41) is 0. The number of halogens is 9. The normalized spacial score (nSPS) is 12.7. The number of nitrogens with two attached hydrogens (primary N) is 5. The Morgan fingerprint density at radius 3 is 1.06 bits per heavy atom. The summed E-state index contributed by atoms with van der Waals surface area (Å²) in [5.41, 5.74) is 35.1. The van der Waals surface area contributed by atoms with Gasteiger partial charge in [0.1, 0.15) is 67.2 Å². The molecule has 10 aromatic rings. The van der Waals surface area contributed by atoms with Gasteiger partial charge in [0, 0.05) is 31.0 Å². The summed E-state index contributed by atoms with van der Waals surface area (Å²) in [7, 11) is 0. The zero-order valence-corrected chi connectivity index (χ0v) is 53.8. The van der Waals surface area contributed by atoms with Crippen molar-refractivity contribution in [1.29, 1.82) is 0 Å². The van der Waals surface area contributed by atoms with E-state index in [2.05, 4.69) is 24.9 Å². The molecule has 512 valence electrons. The molecule has 0 saturated heterocycles. The lowest BCUT2D eigenvalue weighted by atomic mass is 10.1. The number of hydrogen-bond donors (Lipinski definition) is 5. The Morgan fingerprint density at radius 2 is 0.660 bits per heavy atom. The fraction of sp³-hybridized carbons (Fsp3) is 0.247. The molecular formula is C73H77F9N10O5. The van der Waals surface area contributed by atoms with Gasteiger partial charge in [-0.15, -0.1) is 0 Å². The van der Waals surface area contributed by atoms with Gasteiger partial charge in [0.15, 0.2) is 5.75 Å². The standard InChI is InChI=1S/C15H12F6N2O.2C15H18N2O.C14H13F3N2O.C14H16N2O/c16-14(17,18)10-6-23-7-12(13(10)15(19,20)21)24-8-11(22)9-4-2-1-3-5-9;1-11-8-17-9-15(12(11)2)18-10-14(16)13-6-4-3-5-7-13;1-11-8-9-17-12(2)15(11)18-10-14(16)13-6-4-3-5-7-13;15-14(16,17)11-6-7-19-8-13(11)20-9-12(18)10-4-2-1-3-5-10;1-11-7-8-16-9-14(11)17-10-13(15)12-5-3-2-4-6-12/h1-7,11H,8,22H2;2*3-9,14H,10,16H2,1-2H3;1-8,12H,9,18H2;2-9,13H,10,15H2,1H3. The van der Waals surface area contributed by atoms with Gasteiger partial charge >= 0.3 is 18.5 Å². The Labute approximate surface area is 557 Å². The van der Waals surface area contributed by atoms with Gasteiger partial charge in [-0.3, -0.25) is 24.9 Å². The van der Waals surface area contributed by atoms with Crippen molar-refractivity contribution in [3.05, 3.63) is 298 Å². The van der Waals surface area contributed by atoms with E-state index in [0.29, 0.717) is 31.6 Å². The molecule has 0 spiro atoms. The molecule has 15 nitrogen and oxygen atoms in total. The van der Waals surface area contributed by atoms with E-state index in [0.717, 1.165) is 85.9 Å². The average molecular weight is 1350 g/mol. The summed E-state index contributed by atoms with van der Waals surface area (Å²) in [6, 6.07) is 50.3. The summed E-state index contributed by atoms with van der Waals surface area (Å²) < 4.78 is 143. The second-order valence-electron chi connectivity index (χ2n) is 21.8. The van der Waals surface area contributed by atoms with Crippen molar-refractivity contribution in [2.75, 3.05) is 33.0 Å². The third kappa shape index (κ3) is 24.6. The number of rotatable bonds is 20. The van der Waals surface area contributed by atoms with Crippen LogP contribution in [0.4, 0.5) is 39.5 Å². The number of aromatic nitrogens is 5. The molecule has 0 radical (unpaired) electrons. The molecule has 5 unspecified atom stereocenters. The maximum absolute atomic E-state index is 13.0. The van der Waals surface area contributed by atoms with Gasteiger partial charge in [0.25, 0.3) is 0 Å². The van der Waals surface area contributed by atoms with Crippen LogP contribution in [0.3, 0.4) is 0 Å². The van der Waals surface area contributed by atoms with E-state index in [9.17, 15) is 39.5 Å². The van der Waals surface area contributed by atoms with Crippen molar-refractivity contribution in [3.63, 3.8) is 0 Å². The van der Waals surface area contributed by atoms with Gasteiger partial charge < -0.3 is 52.4 Å². The maximum atomic E-state index is 13.0. The van der Waals surface area contributed by atoms with Crippen molar-refractivity contribution in [3.8, 4) is 28.7 Å². The fourth-order valence-corrected chi connectivity index (χ4v) is 8.91. The Hall–Kier alpha value is -9.98. The second kappa shape index (κ2) is 37.4. The highest BCUT2D eigenvalue weighted by Gasteiger charge is 2.46. The Balaban J connectivity index is 0.000000193. The lowest BCUT2D eigenvalue weighted by molar-refractivity contribution is -0.163. The lowest BCUT2D eigenvalue weighted by Crippen LogP contribution is -2.22. The minimum atomic E-state index is -5.25. The number of pyridine rings is 5. The maximum Gasteiger partial charge on any atom is 0.420 e. The van der Waals surface area contributed by atoms with E-state index in [1.54, 1.807) is 79.4 Å². The van der Waals surface area contributed by atoms with Gasteiger partial charge in [-0.05, 0) is 103 Å². The van der Waals surface area contributed by atoms with Crippen molar-refractivity contribution >= 4 is 0 Å². The molecule has 10 rings (SSSR count). The number of ether oxygens (including phenoxy) is 5. The van der Waals surface area contributed by atoms with Crippen LogP contribution in [0.1, 0.15) is 103 Å². The molecule has 97 heavy (non-hydrogen) atoms. The fourth-order valence-electron chi connectivity index (χ4n) is 8.91. The second-order valence-corrected chi connectivity index (χ2v) is 21.8. The monoisotopic (exact) mass is 1340 g/mol. The van der Waals surface area contributed by atoms with E-state index in [4.69, 9.17) is 52.4 Å². The summed E-state index contributed by atoms with van der Waals surface area (Å²) in [4.78, 5) is 19.2. The molecule has 0 aliphatic heterocycles. The van der Waals surface area contributed by atoms with Crippen LogP contribution in [0.2, 0.25) is 0 Å². The van der Waals surface area contributed by atoms with Crippen LogP contribution in [0.25, 0.3) is 0 Å². The van der Waals surface area contributed by atoms with Crippen molar-refractivity contribution < 1.29 is 63.2 Å². The SMILES string of the molecule is Cc1ccnc(C)c1OCC(N)c1ccccc1.Cc1ccncc1OCC(N)c1ccccc1.Cc1cncc(OCC(N)c2ccccc2)c1C.NC(COc1cncc(C(F)(F)F)c1C(F)(F)F)c1ccccc1.NC(COc1cnccc1C(F)(F)F)c1ccccc1. The van der Waals surface area contributed by atoms with E-state index < -0.39 is 59.7 Å². The van der Waals surface area contributed by atoms with Gasteiger partial charge in [-0.25, -0.2) is 0 Å². The predicted molar refractivity (Wildman–Crippen MR) is 354 cm³/mol. The summed E-state index contributed by atoms with van der Waals surface area (Å²) >= 11 is 0. The van der Waals surface area contributed by atoms with Gasteiger partial charge in [0.2, 0.25) is 0 Å². The van der Waals surface area contributed by atoms with Crippen LogP contribution < -0.4 is 52.4 Å². The molecule has 0 aliphatic rings. The molecular weight excluding hydrogens is 1270 g/mol. The molecule has 0 aliphatic carbocycles. The predicted octanol–water partition coefficient (Wildman–Crippen LogP) is 15.4. The van der Waals surface area contributed by atoms with Crippen LogP contribution >= 0.6 is 0 Å². The van der Waals surface area contributed by atoms with Gasteiger partial charge in [0.05, 0.1) is 66.3 Å². The summed E-state index contributed by atoms with van der Waals surface area (Å²) in [5.74, 6) is 1.11. The zero-order chi connectivity index (χ0) is 70.5. The lowest BCUT2D eigenvalue weighted by Gasteiger charge is -2.20. The third-order valence-corrected chi connectivity index (χ3v) is 14.5. The summed E-state index contributed by atoms with van der Waals surface area (Å²) in [6.45, 7) is 10.9. The van der Waals surface area contributed by atoms with Gasteiger partial charge in [-0.2, -0.15) is 39.5 Å². The first kappa shape index (κ1) is 76.0. The molecule has 0 bridgehead atoms. The minimum absolute atomic E-state index is 0.0568. The van der Waals surface area contributed by atoms with E-state index >= 15 is 0 Å². The molecule has 24 heteroatoms. The van der Waals surface area contributed by atoms with Crippen LogP contribution in [0, 0.1) is 34.6 Å². The largest absolute Gasteiger partial charge is 0.490 e. The zero-order valence-electron chi connectivity index (χ0n) is 53.8. The number of benzene rings is 5. The Morgan fingerprint density at radius 1 is 0.320 bits per heavy atom. The third-order valence-electron chi connectivity index (χ3n) is 14.5. The van der Waals surface area contributed by atoms with Crippen LogP contribution in [-0.2, 0) is 18.5 Å². The molecule has 5 atom stereocenters. The van der Waals surface area contributed by atoms with Crippen LogP contribution in [0.15, 0.2) is 226 Å². The Bertz CT molecular complexity index is 3900. The first-order valence-electron chi connectivity index (χ1n) is 30.3. The topological polar surface area (TPSA) is 241 Å². The first-order chi connectivity index (χ1) is 46.2. The number of hydrogen-bond acceptors (Lipinski definition) is 15. The number of aryl methyl sites for hydroxylation is 4. The van der Waals surface area contributed by atoms with E-state index in [1.165, 1.54) is 0 Å². The highest BCUT2D eigenvalue weighted by molar-refractivity contribution is 5.42. The molecule has 0 saturated carbocycles. The minimum Gasteiger partial charge on any atom is -0.490 e. The van der Waals surface area contributed by atoms with Gasteiger partial charge in [-0.1, -0.05) is 152 Å². The average Bonchev–Trinajstić information content (AvgIpc) is 0.788. The van der Waals surface area contributed by atoms with Crippen molar-refractivity contribution in [1.82, 2.24) is 24.9 Å². The first-order valence-corrected chi connectivity index (χ1v) is 30.3. The highest BCUT2D eigenvalue weighted by atomic mass is 19.4. The molecule has 0 fully saturated rings. The number of alkyl halides is 9. The molecule has 10 N–H and O–H groups in total. The van der Waals surface area contributed by atoms with Crippen LogP contribution in [-0.4, -0.2) is 58.0 Å². The van der Waals surface area contributed by atoms with E-state index in [1.807, 2.05) is 150 Å². The Kier molecular flexibility index (Phi) is 29.3. The smallest absolute Gasteiger partial charge is 0.420 e. The van der Waals surface area contributed by atoms with Crippen molar-refractivity contribution in [2.24, 2.45) is 28.7 Å².